The maximum Gasteiger partial charge on any atom is 0.184 e. The summed E-state index contributed by atoms with van der Waals surface area (Å²) >= 11 is 0. The SMILES string of the molecule is C/C=C(\N)COCC1CC[C@@H](O)[C@H](OC(C)(C)C)O1. The van der Waals surface area contributed by atoms with Crippen molar-refractivity contribution in [1.82, 2.24) is 0 Å². The zero-order valence-electron chi connectivity index (χ0n) is 12.4. The fourth-order valence-corrected chi connectivity index (χ4v) is 1.81. The number of allylic oxidation sites excluding steroid dienone is 1. The van der Waals surface area contributed by atoms with Crippen molar-refractivity contribution in [3.8, 4) is 0 Å². The van der Waals surface area contributed by atoms with Crippen molar-refractivity contribution in [1.29, 1.82) is 0 Å². The zero-order valence-corrected chi connectivity index (χ0v) is 12.4. The molecule has 1 unspecified atom stereocenters. The molecule has 0 amide bonds. The Hall–Kier alpha value is -0.620. The van der Waals surface area contributed by atoms with E-state index in [2.05, 4.69) is 0 Å². The van der Waals surface area contributed by atoms with E-state index in [1.165, 1.54) is 0 Å². The minimum atomic E-state index is -0.582. The predicted molar refractivity (Wildman–Crippen MR) is 73.5 cm³/mol. The average Bonchev–Trinajstić information content (AvgIpc) is 2.31. The van der Waals surface area contributed by atoms with Crippen LogP contribution in [0, 0.1) is 0 Å². The highest BCUT2D eigenvalue weighted by Gasteiger charge is 2.33. The third-order valence-electron chi connectivity index (χ3n) is 2.84. The molecule has 0 saturated carbocycles. The van der Waals surface area contributed by atoms with E-state index in [4.69, 9.17) is 19.9 Å². The monoisotopic (exact) mass is 273 g/mol. The van der Waals surface area contributed by atoms with Crippen LogP contribution in [0.1, 0.15) is 40.5 Å². The molecule has 1 aliphatic rings. The Bertz CT molecular complexity index is 298. The highest BCUT2D eigenvalue weighted by Crippen LogP contribution is 2.24. The van der Waals surface area contributed by atoms with Gasteiger partial charge in [0, 0.05) is 5.70 Å². The Balaban J connectivity index is 2.37. The fraction of sp³-hybridized carbons (Fsp3) is 0.857. The van der Waals surface area contributed by atoms with Gasteiger partial charge in [0.05, 0.1) is 24.9 Å². The van der Waals surface area contributed by atoms with Gasteiger partial charge in [-0.2, -0.15) is 0 Å². The molecule has 112 valence electrons. The van der Waals surface area contributed by atoms with E-state index >= 15 is 0 Å². The molecule has 0 spiro atoms. The van der Waals surface area contributed by atoms with E-state index in [9.17, 15) is 5.11 Å². The Morgan fingerprint density at radius 1 is 1.42 bits per heavy atom. The van der Waals surface area contributed by atoms with Crippen molar-refractivity contribution < 1.29 is 19.3 Å². The smallest absolute Gasteiger partial charge is 0.184 e. The summed E-state index contributed by atoms with van der Waals surface area (Å²) in [6, 6.07) is 0. The lowest BCUT2D eigenvalue weighted by atomic mass is 10.1. The van der Waals surface area contributed by atoms with Gasteiger partial charge in [-0.3, -0.25) is 0 Å². The summed E-state index contributed by atoms with van der Waals surface area (Å²) in [6.45, 7) is 8.57. The van der Waals surface area contributed by atoms with Crippen LogP contribution in [0.15, 0.2) is 11.8 Å². The highest BCUT2D eigenvalue weighted by molar-refractivity contribution is 4.93. The van der Waals surface area contributed by atoms with Gasteiger partial charge < -0.3 is 25.1 Å². The first-order valence-electron chi connectivity index (χ1n) is 6.81. The molecule has 0 bridgehead atoms. The number of aliphatic hydroxyl groups excluding tert-OH is 1. The third-order valence-corrected chi connectivity index (χ3v) is 2.84. The molecular formula is C14H27NO4. The molecule has 0 aromatic carbocycles. The summed E-state index contributed by atoms with van der Waals surface area (Å²) in [5.74, 6) is 0. The summed E-state index contributed by atoms with van der Waals surface area (Å²) in [6.07, 6.45) is 2.03. The van der Waals surface area contributed by atoms with Crippen LogP contribution >= 0.6 is 0 Å². The first-order valence-corrected chi connectivity index (χ1v) is 6.81. The minimum absolute atomic E-state index is 0.0552. The zero-order chi connectivity index (χ0) is 14.5. The van der Waals surface area contributed by atoms with Crippen molar-refractivity contribution in [3.05, 3.63) is 11.8 Å². The van der Waals surface area contributed by atoms with Gasteiger partial charge in [0.1, 0.15) is 6.10 Å². The molecule has 0 radical (unpaired) electrons. The van der Waals surface area contributed by atoms with Gasteiger partial charge in [0.15, 0.2) is 6.29 Å². The summed E-state index contributed by atoms with van der Waals surface area (Å²) in [5, 5.41) is 9.88. The molecule has 0 aromatic heterocycles. The molecule has 19 heavy (non-hydrogen) atoms. The molecule has 0 aromatic rings. The Morgan fingerprint density at radius 3 is 2.68 bits per heavy atom. The minimum Gasteiger partial charge on any atom is -0.400 e. The molecule has 1 saturated heterocycles. The van der Waals surface area contributed by atoms with E-state index in [1.807, 2.05) is 33.8 Å². The van der Waals surface area contributed by atoms with Crippen molar-refractivity contribution >= 4 is 0 Å². The third kappa shape index (κ3) is 6.38. The average molecular weight is 273 g/mol. The lowest BCUT2D eigenvalue weighted by Gasteiger charge is -2.37. The van der Waals surface area contributed by atoms with Crippen molar-refractivity contribution in [2.45, 2.75) is 64.6 Å². The van der Waals surface area contributed by atoms with Gasteiger partial charge in [-0.25, -0.2) is 0 Å². The summed E-state index contributed by atoms with van der Waals surface area (Å²) < 4.78 is 16.9. The van der Waals surface area contributed by atoms with Crippen LogP contribution in [0.4, 0.5) is 0 Å². The number of hydrogen-bond acceptors (Lipinski definition) is 5. The molecule has 1 heterocycles. The van der Waals surface area contributed by atoms with E-state index in [1.54, 1.807) is 0 Å². The Morgan fingerprint density at radius 2 is 2.11 bits per heavy atom. The van der Waals surface area contributed by atoms with Gasteiger partial charge in [0.2, 0.25) is 0 Å². The van der Waals surface area contributed by atoms with E-state index < -0.39 is 12.4 Å². The molecular weight excluding hydrogens is 246 g/mol. The van der Waals surface area contributed by atoms with Crippen molar-refractivity contribution in [2.24, 2.45) is 5.73 Å². The Kier molecular flexibility index (Phi) is 6.26. The van der Waals surface area contributed by atoms with Crippen LogP contribution in [0.3, 0.4) is 0 Å². The number of nitrogens with two attached hydrogens (primary N) is 1. The second kappa shape index (κ2) is 7.24. The standard InChI is InChI=1S/C14H27NO4/c1-5-10(15)8-17-9-11-6-7-12(16)13(18-11)19-14(2,3)4/h5,11-13,16H,6-9,15H2,1-4H3/b10-5-/t11?,12-,13+/m1/s1. The molecule has 1 fully saturated rings. The summed E-state index contributed by atoms with van der Waals surface area (Å²) in [4.78, 5) is 0. The van der Waals surface area contributed by atoms with Crippen LogP contribution in [0.25, 0.3) is 0 Å². The molecule has 3 atom stereocenters. The van der Waals surface area contributed by atoms with E-state index in [0.29, 0.717) is 25.3 Å². The van der Waals surface area contributed by atoms with Gasteiger partial charge in [-0.05, 0) is 40.5 Å². The molecule has 5 heteroatoms. The fourth-order valence-electron chi connectivity index (χ4n) is 1.81. The number of aliphatic hydroxyl groups is 1. The molecule has 0 aliphatic carbocycles. The predicted octanol–water partition coefficient (Wildman–Crippen LogP) is 1.55. The van der Waals surface area contributed by atoms with E-state index in [0.717, 1.165) is 6.42 Å². The second-order valence-electron chi connectivity index (χ2n) is 5.88. The number of hydrogen-bond donors (Lipinski definition) is 2. The van der Waals surface area contributed by atoms with Gasteiger partial charge >= 0.3 is 0 Å². The maximum atomic E-state index is 9.88. The maximum absolute atomic E-state index is 9.88. The van der Waals surface area contributed by atoms with E-state index in [-0.39, 0.29) is 11.7 Å². The number of ether oxygens (including phenoxy) is 3. The highest BCUT2D eigenvalue weighted by atomic mass is 16.7. The molecule has 5 nitrogen and oxygen atoms in total. The van der Waals surface area contributed by atoms with Gasteiger partial charge in [-0.1, -0.05) is 6.08 Å². The van der Waals surface area contributed by atoms with Gasteiger partial charge in [-0.15, -0.1) is 0 Å². The summed E-state index contributed by atoms with van der Waals surface area (Å²) in [5.41, 5.74) is 6.02. The second-order valence-corrected chi connectivity index (χ2v) is 5.88. The first kappa shape index (κ1) is 16.4. The van der Waals surface area contributed by atoms with Crippen LogP contribution < -0.4 is 5.73 Å². The van der Waals surface area contributed by atoms with Crippen LogP contribution in [-0.4, -0.2) is 42.4 Å². The molecule has 1 aliphatic heterocycles. The summed E-state index contributed by atoms with van der Waals surface area (Å²) in [7, 11) is 0. The molecule has 1 rings (SSSR count). The van der Waals surface area contributed by atoms with Crippen molar-refractivity contribution in [2.75, 3.05) is 13.2 Å². The number of rotatable bonds is 5. The Labute approximate surface area is 115 Å². The van der Waals surface area contributed by atoms with Crippen LogP contribution in [0.5, 0.6) is 0 Å². The normalized spacial score (nSPS) is 29.5. The lowest BCUT2D eigenvalue weighted by Crippen LogP contribution is -2.45. The van der Waals surface area contributed by atoms with Crippen LogP contribution in [-0.2, 0) is 14.2 Å². The quantitative estimate of drug-likeness (QED) is 0.795. The van der Waals surface area contributed by atoms with Crippen LogP contribution in [0.2, 0.25) is 0 Å². The topological polar surface area (TPSA) is 73.9 Å². The van der Waals surface area contributed by atoms with Gasteiger partial charge in [0.25, 0.3) is 0 Å². The largest absolute Gasteiger partial charge is 0.400 e. The molecule has 3 N–H and O–H groups in total. The lowest BCUT2D eigenvalue weighted by molar-refractivity contribution is -0.276. The van der Waals surface area contributed by atoms with Crippen molar-refractivity contribution in [3.63, 3.8) is 0 Å². The first-order chi connectivity index (χ1) is 8.81.